The van der Waals surface area contributed by atoms with E-state index in [1.54, 1.807) is 25.0 Å². The smallest absolute Gasteiger partial charge is 0.276 e. The van der Waals surface area contributed by atoms with E-state index >= 15 is 0 Å². The first kappa shape index (κ1) is 17.4. The molecule has 2 atom stereocenters. The first-order valence-corrected chi connectivity index (χ1v) is 8.85. The van der Waals surface area contributed by atoms with Crippen LogP contribution in [0, 0.1) is 12.8 Å². The normalized spacial score (nSPS) is 19.6. The molecule has 3 heterocycles. The van der Waals surface area contributed by atoms with Crippen LogP contribution >= 0.6 is 0 Å². The summed E-state index contributed by atoms with van der Waals surface area (Å²) in [5.41, 5.74) is 1.28. The highest BCUT2D eigenvalue weighted by atomic mass is 16.5. The molecule has 0 spiro atoms. The number of likely N-dealkylation sites (tertiary alicyclic amines) is 1. The fourth-order valence-electron chi connectivity index (χ4n) is 3.52. The Morgan fingerprint density at radius 1 is 1.33 bits per heavy atom. The Morgan fingerprint density at radius 3 is 2.85 bits per heavy atom. The van der Waals surface area contributed by atoms with Crippen LogP contribution in [0.4, 0.5) is 0 Å². The maximum absolute atomic E-state index is 12.7. The van der Waals surface area contributed by atoms with Gasteiger partial charge in [0, 0.05) is 43.7 Å². The molecule has 3 aromatic rings. The van der Waals surface area contributed by atoms with E-state index in [2.05, 4.69) is 20.3 Å². The van der Waals surface area contributed by atoms with Gasteiger partial charge in [-0.2, -0.15) is 5.10 Å². The third kappa shape index (κ3) is 3.48. The van der Waals surface area contributed by atoms with E-state index in [-0.39, 0.29) is 17.7 Å². The Hall–Kier alpha value is -3.00. The molecular weight excluding hydrogens is 346 g/mol. The lowest BCUT2D eigenvalue weighted by atomic mass is 9.96. The molecule has 0 aliphatic carbocycles. The minimum Gasteiger partial charge on any atom is -0.384 e. The van der Waals surface area contributed by atoms with Crippen molar-refractivity contribution >= 4 is 5.91 Å². The zero-order valence-electron chi connectivity index (χ0n) is 15.3. The highest BCUT2D eigenvalue weighted by Gasteiger charge is 2.39. The number of ether oxygens (including phenoxy) is 1. The molecule has 8 nitrogen and oxygen atoms in total. The van der Waals surface area contributed by atoms with Gasteiger partial charge in [-0.15, -0.1) is 0 Å². The summed E-state index contributed by atoms with van der Waals surface area (Å²) in [7, 11) is 1.66. The molecule has 1 aromatic carbocycles. The van der Waals surface area contributed by atoms with Crippen molar-refractivity contribution in [3.05, 3.63) is 53.7 Å². The van der Waals surface area contributed by atoms with Gasteiger partial charge in [0.15, 0.2) is 11.5 Å². The van der Waals surface area contributed by atoms with Crippen molar-refractivity contribution in [2.75, 3.05) is 26.8 Å². The highest BCUT2D eigenvalue weighted by molar-refractivity contribution is 5.92. The Balaban J connectivity index is 1.56. The molecule has 8 heteroatoms. The fraction of sp³-hybridized carbons (Fsp3) is 0.368. The average Bonchev–Trinajstić information content (AvgIpc) is 3.41. The van der Waals surface area contributed by atoms with E-state index < -0.39 is 0 Å². The molecular formula is C19H21N5O3. The molecule has 1 N–H and O–H groups in total. The van der Waals surface area contributed by atoms with Gasteiger partial charge in [0.1, 0.15) is 11.6 Å². The average molecular weight is 367 g/mol. The maximum atomic E-state index is 12.7. The Morgan fingerprint density at radius 2 is 2.15 bits per heavy atom. The molecule has 1 amide bonds. The van der Waals surface area contributed by atoms with Crippen LogP contribution in [0.25, 0.3) is 11.4 Å². The Labute approximate surface area is 156 Å². The molecule has 2 unspecified atom stereocenters. The number of benzene rings is 1. The lowest BCUT2D eigenvalue weighted by Crippen LogP contribution is -2.29. The van der Waals surface area contributed by atoms with E-state index in [9.17, 15) is 4.79 Å². The van der Waals surface area contributed by atoms with E-state index in [0.29, 0.717) is 37.0 Å². The molecule has 1 aliphatic heterocycles. The number of hydrogen-bond acceptors (Lipinski definition) is 6. The number of H-pyrrole nitrogens is 1. The first-order chi connectivity index (χ1) is 13.2. The summed E-state index contributed by atoms with van der Waals surface area (Å²) >= 11 is 0. The van der Waals surface area contributed by atoms with Crippen LogP contribution in [-0.2, 0) is 4.74 Å². The largest absolute Gasteiger partial charge is 0.384 e. The van der Waals surface area contributed by atoms with Crippen LogP contribution in [-0.4, -0.2) is 58.0 Å². The van der Waals surface area contributed by atoms with E-state index in [0.717, 1.165) is 11.4 Å². The summed E-state index contributed by atoms with van der Waals surface area (Å²) < 4.78 is 10.4. The van der Waals surface area contributed by atoms with Crippen LogP contribution in [0.5, 0.6) is 0 Å². The Kier molecular flexibility index (Phi) is 4.72. The summed E-state index contributed by atoms with van der Waals surface area (Å²) in [6, 6.07) is 11.5. The van der Waals surface area contributed by atoms with E-state index in [1.165, 1.54) is 0 Å². The second-order valence-electron chi connectivity index (χ2n) is 6.77. The van der Waals surface area contributed by atoms with Gasteiger partial charge in [0.05, 0.1) is 6.61 Å². The molecule has 140 valence electrons. The van der Waals surface area contributed by atoms with Gasteiger partial charge in [-0.05, 0) is 6.92 Å². The summed E-state index contributed by atoms with van der Waals surface area (Å²) in [6.45, 7) is 3.41. The number of aromatic nitrogens is 4. The van der Waals surface area contributed by atoms with Gasteiger partial charge in [-0.3, -0.25) is 9.89 Å². The molecule has 1 fully saturated rings. The van der Waals surface area contributed by atoms with Crippen LogP contribution in [0.1, 0.15) is 28.0 Å². The molecule has 0 bridgehead atoms. The number of nitrogens with zero attached hydrogens (tertiary/aromatic N) is 4. The topological polar surface area (TPSA) is 97.1 Å². The number of hydrogen-bond donors (Lipinski definition) is 1. The monoisotopic (exact) mass is 367 g/mol. The molecule has 1 aliphatic rings. The van der Waals surface area contributed by atoms with Gasteiger partial charge < -0.3 is 14.2 Å². The maximum Gasteiger partial charge on any atom is 0.276 e. The van der Waals surface area contributed by atoms with Crippen molar-refractivity contribution in [3.8, 4) is 11.4 Å². The summed E-state index contributed by atoms with van der Waals surface area (Å²) in [5.74, 6) is 2.04. The zero-order valence-corrected chi connectivity index (χ0v) is 15.3. The van der Waals surface area contributed by atoms with Crippen LogP contribution < -0.4 is 0 Å². The van der Waals surface area contributed by atoms with Crippen molar-refractivity contribution in [1.82, 2.24) is 25.2 Å². The predicted octanol–water partition coefficient (Wildman–Crippen LogP) is 2.27. The summed E-state index contributed by atoms with van der Waals surface area (Å²) in [4.78, 5) is 19.2. The van der Waals surface area contributed by atoms with E-state index in [4.69, 9.17) is 9.26 Å². The summed E-state index contributed by atoms with van der Waals surface area (Å²) in [5, 5.41) is 11.2. The predicted molar refractivity (Wildman–Crippen MR) is 97.1 cm³/mol. The number of carbonyl (C=O) groups excluding carboxylic acids is 1. The van der Waals surface area contributed by atoms with E-state index in [1.807, 2.05) is 30.3 Å². The second kappa shape index (κ2) is 7.32. The number of aryl methyl sites for hydroxylation is 1. The van der Waals surface area contributed by atoms with Crippen molar-refractivity contribution in [3.63, 3.8) is 0 Å². The Bertz CT molecular complexity index is 920. The van der Waals surface area contributed by atoms with Gasteiger partial charge in [0.2, 0.25) is 0 Å². The molecule has 1 saturated heterocycles. The van der Waals surface area contributed by atoms with Crippen LogP contribution in [0.3, 0.4) is 0 Å². The molecule has 4 rings (SSSR count). The number of carbonyl (C=O) groups is 1. The number of methoxy groups -OCH3 is 1. The first-order valence-electron chi connectivity index (χ1n) is 8.85. The third-order valence-electron chi connectivity index (χ3n) is 4.84. The lowest BCUT2D eigenvalue weighted by molar-refractivity contribution is 0.0765. The van der Waals surface area contributed by atoms with Crippen molar-refractivity contribution in [2.24, 2.45) is 5.92 Å². The molecule has 27 heavy (non-hydrogen) atoms. The molecule has 0 radical (unpaired) electrons. The fourth-order valence-corrected chi connectivity index (χ4v) is 3.52. The van der Waals surface area contributed by atoms with Crippen molar-refractivity contribution < 1.29 is 14.1 Å². The minimum absolute atomic E-state index is 0.0202. The van der Waals surface area contributed by atoms with Gasteiger partial charge >= 0.3 is 0 Å². The number of nitrogens with one attached hydrogen (secondary N) is 1. The molecule has 2 aromatic heterocycles. The number of amides is 1. The lowest BCUT2D eigenvalue weighted by Gasteiger charge is -2.14. The minimum atomic E-state index is -0.141. The van der Waals surface area contributed by atoms with Crippen molar-refractivity contribution in [1.29, 1.82) is 0 Å². The van der Waals surface area contributed by atoms with Crippen LogP contribution in [0.2, 0.25) is 0 Å². The van der Waals surface area contributed by atoms with Crippen molar-refractivity contribution in [2.45, 2.75) is 12.8 Å². The summed E-state index contributed by atoms with van der Waals surface area (Å²) in [6.07, 6.45) is 0. The molecule has 0 saturated carbocycles. The van der Waals surface area contributed by atoms with Gasteiger partial charge in [-0.25, -0.2) is 4.98 Å². The highest BCUT2D eigenvalue weighted by Crippen LogP contribution is 2.32. The SMILES string of the molecule is COCC1CN(C(=O)c2cc(C)on2)CC1c1nc(-c2ccccc2)n[nH]1. The number of rotatable bonds is 5. The standard InChI is InChI=1S/C19H21N5O3/c1-12-8-16(23-27-12)19(25)24-9-14(11-26-2)15(10-24)18-20-17(21-22-18)13-6-4-3-5-7-13/h3-8,14-15H,9-11H2,1-2H3,(H,20,21,22). The van der Waals surface area contributed by atoms with Gasteiger partial charge in [0.25, 0.3) is 5.91 Å². The third-order valence-corrected chi connectivity index (χ3v) is 4.84. The number of aromatic amines is 1. The van der Waals surface area contributed by atoms with Crippen LogP contribution in [0.15, 0.2) is 40.9 Å². The van der Waals surface area contributed by atoms with Gasteiger partial charge in [-0.1, -0.05) is 35.5 Å². The second-order valence-corrected chi connectivity index (χ2v) is 6.77. The quantitative estimate of drug-likeness (QED) is 0.743. The zero-order chi connectivity index (χ0) is 18.8.